The zero-order chi connectivity index (χ0) is 18.7. The van der Waals surface area contributed by atoms with Crippen molar-refractivity contribution in [2.24, 2.45) is 0 Å². The lowest BCUT2D eigenvalue weighted by molar-refractivity contribution is -0.113. The van der Waals surface area contributed by atoms with Crippen LogP contribution in [-0.2, 0) is 24.2 Å². The maximum Gasteiger partial charge on any atom is 0.235 e. The van der Waals surface area contributed by atoms with Gasteiger partial charge in [0.1, 0.15) is 16.9 Å². The number of aromatic nitrogens is 3. The smallest absolute Gasteiger partial charge is 0.235 e. The molecule has 6 nitrogen and oxygen atoms in total. The summed E-state index contributed by atoms with van der Waals surface area (Å²) in [7, 11) is 0. The van der Waals surface area contributed by atoms with Gasteiger partial charge in [-0.25, -0.2) is 0 Å². The predicted octanol–water partition coefficient (Wildman–Crippen LogP) is 3.96. The first-order chi connectivity index (χ1) is 12.5. The van der Waals surface area contributed by atoms with E-state index in [0.29, 0.717) is 16.5 Å². The molecule has 0 saturated heterocycles. The molecule has 26 heavy (non-hydrogen) atoms. The highest BCUT2D eigenvalue weighted by Gasteiger charge is 2.22. The Morgan fingerprint density at radius 3 is 2.85 bits per heavy atom. The molecule has 0 radical (unpaired) electrons. The Labute approximate surface area is 162 Å². The average Bonchev–Trinajstić information content (AvgIpc) is 3.20. The van der Waals surface area contributed by atoms with Gasteiger partial charge in [-0.2, -0.15) is 5.26 Å². The molecule has 0 spiro atoms. The van der Waals surface area contributed by atoms with Crippen LogP contribution in [0.3, 0.4) is 0 Å². The summed E-state index contributed by atoms with van der Waals surface area (Å²) in [5.41, 5.74) is 1.79. The first-order valence-electron chi connectivity index (χ1n) is 8.95. The highest BCUT2D eigenvalue weighted by molar-refractivity contribution is 7.99. The van der Waals surface area contributed by atoms with Gasteiger partial charge in [-0.1, -0.05) is 25.6 Å². The van der Waals surface area contributed by atoms with Gasteiger partial charge >= 0.3 is 0 Å². The number of amides is 1. The lowest BCUT2D eigenvalue weighted by Crippen LogP contribution is -2.15. The van der Waals surface area contributed by atoms with Crippen molar-refractivity contribution in [2.75, 3.05) is 11.1 Å². The number of anilines is 1. The second kappa shape index (κ2) is 8.23. The topological polar surface area (TPSA) is 83.6 Å². The van der Waals surface area contributed by atoms with Crippen LogP contribution in [-0.4, -0.2) is 26.4 Å². The zero-order valence-corrected chi connectivity index (χ0v) is 17.0. The predicted molar refractivity (Wildman–Crippen MR) is 105 cm³/mol. The van der Waals surface area contributed by atoms with Crippen LogP contribution < -0.4 is 5.32 Å². The van der Waals surface area contributed by atoms with E-state index < -0.39 is 0 Å². The van der Waals surface area contributed by atoms with Gasteiger partial charge in [0.15, 0.2) is 5.16 Å². The lowest BCUT2D eigenvalue weighted by atomic mass is 9.96. The van der Waals surface area contributed by atoms with Crippen molar-refractivity contribution in [2.45, 2.75) is 64.1 Å². The van der Waals surface area contributed by atoms with Gasteiger partial charge in [0.25, 0.3) is 0 Å². The maximum atomic E-state index is 12.4. The molecule has 1 N–H and O–H groups in total. The molecule has 0 aliphatic heterocycles. The third-order valence-corrected chi connectivity index (χ3v) is 6.62. The molecule has 0 fully saturated rings. The van der Waals surface area contributed by atoms with Crippen molar-refractivity contribution < 1.29 is 4.79 Å². The highest BCUT2D eigenvalue weighted by Crippen LogP contribution is 2.37. The first-order valence-corrected chi connectivity index (χ1v) is 10.8. The molecule has 0 unspecified atom stereocenters. The number of thiophene rings is 1. The van der Waals surface area contributed by atoms with E-state index in [0.717, 1.165) is 48.8 Å². The number of hydrogen-bond acceptors (Lipinski definition) is 6. The molecule has 0 saturated carbocycles. The monoisotopic (exact) mass is 389 g/mol. The Hall–Kier alpha value is -1.85. The molecule has 1 amide bonds. The zero-order valence-electron chi connectivity index (χ0n) is 15.3. The fourth-order valence-corrected chi connectivity index (χ4v) is 5.26. The molecule has 2 heterocycles. The third kappa shape index (κ3) is 3.79. The standard InChI is InChI=1S/C18H23N5OS2/c1-4-23-16(11(2)3)21-22-18(23)25-10-15(24)20-17-13(9-19)12-7-5-6-8-14(12)26-17/h11H,4-8,10H2,1-3H3,(H,20,24). The molecule has 1 aliphatic rings. The van der Waals surface area contributed by atoms with Crippen LogP contribution in [0.4, 0.5) is 5.00 Å². The minimum absolute atomic E-state index is 0.109. The molecule has 2 aromatic rings. The van der Waals surface area contributed by atoms with Crippen LogP contribution in [0, 0.1) is 11.3 Å². The summed E-state index contributed by atoms with van der Waals surface area (Å²) in [5.74, 6) is 1.38. The van der Waals surface area contributed by atoms with E-state index in [4.69, 9.17) is 0 Å². The number of aryl methyl sites for hydroxylation is 1. The normalized spacial score (nSPS) is 13.5. The number of nitriles is 1. The van der Waals surface area contributed by atoms with Gasteiger partial charge in [-0.05, 0) is 38.2 Å². The Kier molecular flexibility index (Phi) is 5.99. The lowest BCUT2D eigenvalue weighted by Gasteiger charge is -2.09. The van der Waals surface area contributed by atoms with E-state index in [9.17, 15) is 10.1 Å². The van der Waals surface area contributed by atoms with Crippen molar-refractivity contribution in [3.63, 3.8) is 0 Å². The van der Waals surface area contributed by atoms with Gasteiger partial charge in [0.2, 0.25) is 5.91 Å². The van der Waals surface area contributed by atoms with Crippen molar-refractivity contribution in [3.05, 3.63) is 21.8 Å². The fraction of sp³-hybridized carbons (Fsp3) is 0.556. The summed E-state index contributed by atoms with van der Waals surface area (Å²) in [5, 5.41) is 22.3. The summed E-state index contributed by atoms with van der Waals surface area (Å²) < 4.78 is 2.05. The number of carbonyl (C=O) groups excluding carboxylic acids is 1. The summed E-state index contributed by atoms with van der Waals surface area (Å²) in [6, 6.07) is 2.28. The quantitative estimate of drug-likeness (QED) is 0.756. The second-order valence-corrected chi connectivity index (χ2v) is 8.65. The Morgan fingerprint density at radius 2 is 2.15 bits per heavy atom. The van der Waals surface area contributed by atoms with Crippen LogP contribution >= 0.6 is 23.1 Å². The molecule has 1 aliphatic carbocycles. The van der Waals surface area contributed by atoms with Crippen LogP contribution in [0.2, 0.25) is 0 Å². The van der Waals surface area contributed by atoms with Crippen molar-refractivity contribution in [1.29, 1.82) is 5.26 Å². The largest absolute Gasteiger partial charge is 0.316 e. The van der Waals surface area contributed by atoms with E-state index in [1.807, 2.05) is 4.57 Å². The first kappa shape index (κ1) is 18.9. The number of carbonyl (C=O) groups is 1. The fourth-order valence-electron chi connectivity index (χ4n) is 3.20. The summed E-state index contributed by atoms with van der Waals surface area (Å²) in [4.78, 5) is 13.7. The van der Waals surface area contributed by atoms with Gasteiger partial charge in [-0.3, -0.25) is 4.79 Å². The minimum Gasteiger partial charge on any atom is -0.316 e. The van der Waals surface area contributed by atoms with Crippen LogP contribution in [0.5, 0.6) is 0 Å². The average molecular weight is 390 g/mol. The number of nitrogens with zero attached hydrogens (tertiary/aromatic N) is 4. The van der Waals surface area contributed by atoms with Crippen molar-refractivity contribution in [3.8, 4) is 6.07 Å². The molecule has 2 aromatic heterocycles. The second-order valence-electron chi connectivity index (χ2n) is 6.60. The number of rotatable bonds is 6. The number of fused-ring (bicyclic) bond motifs is 1. The SMILES string of the molecule is CCn1c(SCC(=O)Nc2sc3c(c2C#N)CCCC3)nnc1C(C)C. The van der Waals surface area contributed by atoms with Crippen LogP contribution in [0.25, 0.3) is 0 Å². The van der Waals surface area contributed by atoms with E-state index in [2.05, 4.69) is 42.4 Å². The number of nitrogens with one attached hydrogen (secondary N) is 1. The minimum atomic E-state index is -0.109. The molecular weight excluding hydrogens is 366 g/mol. The summed E-state index contributed by atoms with van der Waals surface area (Å²) in [6.45, 7) is 6.99. The maximum absolute atomic E-state index is 12.4. The van der Waals surface area contributed by atoms with E-state index in [1.165, 1.54) is 16.6 Å². The summed E-state index contributed by atoms with van der Waals surface area (Å²) >= 11 is 2.94. The van der Waals surface area contributed by atoms with Gasteiger partial charge in [-0.15, -0.1) is 21.5 Å². The molecule has 138 valence electrons. The van der Waals surface area contributed by atoms with Gasteiger partial charge in [0.05, 0.1) is 11.3 Å². The van der Waals surface area contributed by atoms with Crippen LogP contribution in [0.15, 0.2) is 5.16 Å². The molecule has 0 bridgehead atoms. The van der Waals surface area contributed by atoms with Crippen molar-refractivity contribution >= 4 is 34.0 Å². The number of hydrogen-bond donors (Lipinski definition) is 1. The van der Waals surface area contributed by atoms with E-state index in [1.54, 1.807) is 11.3 Å². The van der Waals surface area contributed by atoms with Gasteiger partial charge in [0, 0.05) is 17.3 Å². The number of thioether (sulfide) groups is 1. The van der Waals surface area contributed by atoms with E-state index >= 15 is 0 Å². The summed E-state index contributed by atoms with van der Waals surface area (Å²) in [6.07, 6.45) is 4.23. The molecule has 3 rings (SSSR count). The molecule has 0 aromatic carbocycles. The van der Waals surface area contributed by atoms with Gasteiger partial charge < -0.3 is 9.88 Å². The third-order valence-electron chi connectivity index (χ3n) is 4.45. The van der Waals surface area contributed by atoms with Crippen molar-refractivity contribution in [1.82, 2.24) is 14.8 Å². The molecular formula is C18H23N5OS2. The Bertz CT molecular complexity index is 847. The Morgan fingerprint density at radius 1 is 1.38 bits per heavy atom. The Balaban J connectivity index is 1.67. The molecule has 0 atom stereocenters. The van der Waals surface area contributed by atoms with E-state index in [-0.39, 0.29) is 11.7 Å². The van der Waals surface area contributed by atoms with Crippen LogP contribution in [0.1, 0.15) is 61.4 Å². The highest BCUT2D eigenvalue weighted by atomic mass is 32.2. The molecule has 8 heteroatoms.